The van der Waals surface area contributed by atoms with E-state index in [4.69, 9.17) is 4.74 Å². The summed E-state index contributed by atoms with van der Waals surface area (Å²) in [5.74, 6) is -1.20. The molecular weight excluding hydrogens is 404 g/mol. The second-order valence-electron chi connectivity index (χ2n) is 7.44. The van der Waals surface area contributed by atoms with Gasteiger partial charge in [0.25, 0.3) is 5.91 Å². The number of hydrogen-bond donors (Lipinski definition) is 1. The molecule has 1 saturated heterocycles. The van der Waals surface area contributed by atoms with Crippen LogP contribution in [-0.4, -0.2) is 44.3 Å². The van der Waals surface area contributed by atoms with Crippen LogP contribution in [0, 0.1) is 13.8 Å². The van der Waals surface area contributed by atoms with Crippen LogP contribution in [0.15, 0.2) is 47.4 Å². The number of rotatable bonds is 6. The second kappa shape index (κ2) is 9.40. The number of nitrogens with one attached hydrogen (secondary N) is 1. The molecule has 0 spiro atoms. The number of carbonyl (C=O) groups is 2. The third-order valence-corrected chi connectivity index (χ3v) is 6.91. The number of sulfonamides is 1. The summed E-state index contributed by atoms with van der Waals surface area (Å²) in [7, 11) is -3.66. The molecule has 2 aromatic carbocycles. The van der Waals surface area contributed by atoms with Crippen LogP contribution in [0.1, 0.15) is 40.7 Å². The summed E-state index contributed by atoms with van der Waals surface area (Å²) >= 11 is 0. The highest BCUT2D eigenvalue weighted by Gasteiger charge is 2.27. The average molecular weight is 431 g/mol. The summed E-state index contributed by atoms with van der Waals surface area (Å²) in [6.45, 7) is 4.10. The van der Waals surface area contributed by atoms with Crippen LogP contribution < -0.4 is 5.32 Å². The molecule has 0 atom stereocenters. The van der Waals surface area contributed by atoms with Crippen LogP contribution in [0.5, 0.6) is 0 Å². The summed E-state index contributed by atoms with van der Waals surface area (Å²) < 4.78 is 32.3. The molecule has 160 valence electrons. The van der Waals surface area contributed by atoms with Crippen LogP contribution in [0.25, 0.3) is 0 Å². The summed E-state index contributed by atoms with van der Waals surface area (Å²) in [6, 6.07) is 11.7. The third kappa shape index (κ3) is 5.25. The molecule has 2 aromatic rings. The Kier molecular flexibility index (Phi) is 6.89. The fourth-order valence-electron chi connectivity index (χ4n) is 3.36. The van der Waals surface area contributed by atoms with Crippen LogP contribution in [0.3, 0.4) is 0 Å². The van der Waals surface area contributed by atoms with Gasteiger partial charge in [-0.15, -0.1) is 0 Å². The van der Waals surface area contributed by atoms with Crippen molar-refractivity contribution in [1.29, 1.82) is 0 Å². The first-order valence-electron chi connectivity index (χ1n) is 9.92. The molecule has 1 fully saturated rings. The fraction of sp³-hybridized carbons (Fsp3) is 0.364. The summed E-state index contributed by atoms with van der Waals surface area (Å²) in [5.41, 5.74) is 2.32. The van der Waals surface area contributed by atoms with Crippen molar-refractivity contribution in [3.63, 3.8) is 0 Å². The van der Waals surface area contributed by atoms with Crippen LogP contribution >= 0.6 is 0 Å². The van der Waals surface area contributed by atoms with Gasteiger partial charge in [-0.3, -0.25) is 4.79 Å². The lowest BCUT2D eigenvalue weighted by atomic mass is 10.1. The van der Waals surface area contributed by atoms with Gasteiger partial charge in [-0.05, 0) is 62.1 Å². The maximum Gasteiger partial charge on any atom is 0.338 e. The number of hydrogen-bond acceptors (Lipinski definition) is 5. The molecule has 7 nitrogen and oxygen atoms in total. The van der Waals surface area contributed by atoms with Crippen molar-refractivity contribution in [2.75, 3.05) is 25.0 Å². The van der Waals surface area contributed by atoms with Gasteiger partial charge in [0.2, 0.25) is 10.0 Å². The van der Waals surface area contributed by atoms with E-state index in [0.717, 1.165) is 24.8 Å². The Labute approximate surface area is 177 Å². The normalized spacial score (nSPS) is 14.9. The minimum atomic E-state index is -3.66. The molecule has 1 aliphatic heterocycles. The highest BCUT2D eigenvalue weighted by Crippen LogP contribution is 2.23. The first-order chi connectivity index (χ1) is 14.3. The zero-order valence-corrected chi connectivity index (χ0v) is 18.0. The Bertz CT molecular complexity index is 1040. The molecule has 1 amide bonds. The van der Waals surface area contributed by atoms with E-state index in [1.165, 1.54) is 16.4 Å². The third-order valence-electron chi connectivity index (χ3n) is 5.02. The Hall–Kier alpha value is -2.71. The highest BCUT2D eigenvalue weighted by molar-refractivity contribution is 7.89. The Balaban J connectivity index is 1.68. The van der Waals surface area contributed by atoms with Crippen molar-refractivity contribution in [2.45, 2.75) is 38.0 Å². The quantitative estimate of drug-likeness (QED) is 0.710. The molecule has 8 heteroatoms. The molecule has 1 aliphatic rings. The minimum absolute atomic E-state index is 0.0613. The van der Waals surface area contributed by atoms with Gasteiger partial charge in [0.15, 0.2) is 6.61 Å². The maximum absolute atomic E-state index is 12.9. The van der Waals surface area contributed by atoms with Gasteiger partial charge in [0.1, 0.15) is 0 Å². The van der Waals surface area contributed by atoms with Crippen molar-refractivity contribution < 1.29 is 22.7 Å². The summed E-state index contributed by atoms with van der Waals surface area (Å²) in [4.78, 5) is 24.7. The summed E-state index contributed by atoms with van der Waals surface area (Å²) in [6.07, 6.45) is 2.67. The monoisotopic (exact) mass is 430 g/mol. The zero-order valence-electron chi connectivity index (χ0n) is 17.2. The van der Waals surface area contributed by atoms with Gasteiger partial charge >= 0.3 is 5.97 Å². The largest absolute Gasteiger partial charge is 0.452 e. The topological polar surface area (TPSA) is 92.8 Å². The number of aryl methyl sites for hydroxylation is 2. The van der Waals surface area contributed by atoms with Crippen LogP contribution in [0.2, 0.25) is 0 Å². The number of benzene rings is 2. The number of nitrogens with zero attached hydrogens (tertiary/aromatic N) is 1. The molecule has 1 N–H and O–H groups in total. The number of ether oxygens (including phenoxy) is 1. The Morgan fingerprint density at radius 2 is 1.77 bits per heavy atom. The minimum Gasteiger partial charge on any atom is -0.452 e. The zero-order chi connectivity index (χ0) is 21.7. The molecule has 3 rings (SSSR count). The van der Waals surface area contributed by atoms with E-state index >= 15 is 0 Å². The Morgan fingerprint density at radius 3 is 2.47 bits per heavy atom. The van der Waals surface area contributed by atoms with E-state index in [1.807, 2.05) is 19.1 Å². The van der Waals surface area contributed by atoms with E-state index in [-0.39, 0.29) is 10.5 Å². The van der Waals surface area contributed by atoms with E-state index < -0.39 is 28.5 Å². The standard InChI is InChI=1S/C22H26N2O5S/c1-16-7-6-8-18(13-16)23-21(25)15-29-22(26)20-14-19(10-9-17(20)2)30(27,28)24-11-4-3-5-12-24/h6-10,13-14H,3-5,11-12,15H2,1-2H3,(H,23,25). The molecule has 1 heterocycles. The lowest BCUT2D eigenvalue weighted by Gasteiger charge is -2.26. The van der Waals surface area contributed by atoms with E-state index in [2.05, 4.69) is 5.32 Å². The lowest BCUT2D eigenvalue weighted by molar-refractivity contribution is -0.119. The van der Waals surface area contributed by atoms with E-state index in [9.17, 15) is 18.0 Å². The number of anilines is 1. The molecule has 0 saturated carbocycles. The fourth-order valence-corrected chi connectivity index (χ4v) is 4.91. The van der Waals surface area contributed by atoms with Crippen molar-refractivity contribution in [2.24, 2.45) is 0 Å². The lowest BCUT2D eigenvalue weighted by Crippen LogP contribution is -2.35. The van der Waals surface area contributed by atoms with E-state index in [1.54, 1.807) is 25.1 Å². The van der Waals surface area contributed by atoms with Gasteiger partial charge in [-0.1, -0.05) is 24.6 Å². The van der Waals surface area contributed by atoms with Gasteiger partial charge in [-0.2, -0.15) is 4.31 Å². The smallest absolute Gasteiger partial charge is 0.338 e. The maximum atomic E-state index is 12.9. The Morgan fingerprint density at radius 1 is 1.03 bits per heavy atom. The first-order valence-corrected chi connectivity index (χ1v) is 11.4. The van der Waals surface area contributed by atoms with E-state index in [0.29, 0.717) is 24.3 Å². The predicted molar refractivity (Wildman–Crippen MR) is 114 cm³/mol. The van der Waals surface area contributed by atoms with Crippen molar-refractivity contribution in [1.82, 2.24) is 4.31 Å². The second-order valence-corrected chi connectivity index (χ2v) is 9.37. The van der Waals surface area contributed by atoms with Gasteiger partial charge in [0, 0.05) is 18.8 Å². The van der Waals surface area contributed by atoms with Gasteiger partial charge in [0.05, 0.1) is 10.5 Å². The first kappa shape index (κ1) is 22.0. The molecular formula is C22H26N2O5S. The van der Waals surface area contributed by atoms with Gasteiger partial charge in [-0.25, -0.2) is 13.2 Å². The number of carbonyl (C=O) groups excluding carboxylic acids is 2. The highest BCUT2D eigenvalue weighted by atomic mass is 32.2. The average Bonchev–Trinajstić information content (AvgIpc) is 2.73. The molecule has 0 aromatic heterocycles. The molecule has 30 heavy (non-hydrogen) atoms. The number of amides is 1. The molecule has 0 aliphatic carbocycles. The van der Waals surface area contributed by atoms with Crippen molar-refractivity contribution >= 4 is 27.6 Å². The SMILES string of the molecule is Cc1cccc(NC(=O)COC(=O)c2cc(S(=O)(=O)N3CCCCC3)ccc2C)c1. The summed E-state index contributed by atoms with van der Waals surface area (Å²) in [5, 5.41) is 2.66. The van der Waals surface area contributed by atoms with Crippen molar-refractivity contribution in [3.05, 3.63) is 59.2 Å². The number of piperidine rings is 1. The van der Waals surface area contributed by atoms with Crippen LogP contribution in [0.4, 0.5) is 5.69 Å². The molecule has 0 unspecified atom stereocenters. The predicted octanol–water partition coefficient (Wildman–Crippen LogP) is 3.27. The van der Waals surface area contributed by atoms with Gasteiger partial charge < -0.3 is 10.1 Å². The molecule has 0 radical (unpaired) electrons. The number of esters is 1. The molecule has 0 bridgehead atoms. The van der Waals surface area contributed by atoms with Crippen molar-refractivity contribution in [3.8, 4) is 0 Å². The van der Waals surface area contributed by atoms with Crippen LogP contribution in [-0.2, 0) is 19.6 Å².